The van der Waals surface area contributed by atoms with Crippen LogP contribution in [-0.2, 0) is 17.6 Å². The van der Waals surface area contributed by atoms with Crippen LogP contribution in [0.15, 0.2) is 72.8 Å². The van der Waals surface area contributed by atoms with Crippen LogP contribution in [0, 0.1) is 0 Å². The molecular formula is C23H20ClNO4. The third-order valence-corrected chi connectivity index (χ3v) is 4.47. The van der Waals surface area contributed by atoms with Crippen LogP contribution in [0.2, 0.25) is 5.02 Å². The lowest BCUT2D eigenvalue weighted by atomic mass is 10.1. The van der Waals surface area contributed by atoms with E-state index in [9.17, 15) is 9.59 Å². The lowest BCUT2D eigenvalue weighted by Crippen LogP contribution is -2.26. The van der Waals surface area contributed by atoms with Gasteiger partial charge in [0.2, 0.25) is 0 Å². The molecule has 0 aliphatic rings. The first-order valence-corrected chi connectivity index (χ1v) is 9.49. The number of hydrogen-bond acceptors (Lipinski definition) is 3. The molecule has 0 unspecified atom stereocenters. The van der Waals surface area contributed by atoms with Crippen LogP contribution >= 0.6 is 11.6 Å². The summed E-state index contributed by atoms with van der Waals surface area (Å²) < 4.78 is 5.83. The van der Waals surface area contributed by atoms with Crippen molar-refractivity contribution in [3.05, 3.63) is 94.5 Å². The Morgan fingerprint density at radius 2 is 1.62 bits per heavy atom. The highest BCUT2D eigenvalue weighted by Gasteiger charge is 2.14. The van der Waals surface area contributed by atoms with Gasteiger partial charge in [0.15, 0.2) is 0 Å². The maximum absolute atomic E-state index is 12.7. The van der Waals surface area contributed by atoms with Crippen LogP contribution in [0.1, 0.15) is 21.5 Å². The first-order chi connectivity index (χ1) is 14.0. The van der Waals surface area contributed by atoms with Crippen molar-refractivity contribution >= 4 is 23.5 Å². The van der Waals surface area contributed by atoms with Crippen LogP contribution in [0.25, 0.3) is 0 Å². The first kappa shape index (κ1) is 20.4. The van der Waals surface area contributed by atoms with E-state index in [1.54, 1.807) is 30.3 Å². The molecule has 0 spiro atoms. The number of benzene rings is 3. The van der Waals surface area contributed by atoms with Gasteiger partial charge in [-0.1, -0.05) is 54.1 Å². The van der Waals surface area contributed by atoms with Gasteiger partial charge in [0.25, 0.3) is 5.91 Å². The number of hydrogen-bond donors (Lipinski definition) is 2. The Hall–Kier alpha value is -3.31. The largest absolute Gasteiger partial charge is 0.481 e. The summed E-state index contributed by atoms with van der Waals surface area (Å²) in [5.74, 6) is -0.0811. The molecule has 2 N–H and O–H groups in total. The smallest absolute Gasteiger partial charge is 0.307 e. The summed E-state index contributed by atoms with van der Waals surface area (Å²) in [7, 11) is 0. The molecule has 0 aliphatic heterocycles. The van der Waals surface area contributed by atoms with Crippen molar-refractivity contribution < 1.29 is 19.4 Å². The Bertz CT molecular complexity index is 988. The van der Waals surface area contributed by atoms with E-state index in [1.807, 2.05) is 42.5 Å². The van der Waals surface area contributed by atoms with Crippen LogP contribution in [-0.4, -0.2) is 23.5 Å². The van der Waals surface area contributed by atoms with Gasteiger partial charge in [-0.25, -0.2) is 0 Å². The van der Waals surface area contributed by atoms with Crippen LogP contribution in [0.3, 0.4) is 0 Å². The van der Waals surface area contributed by atoms with Crippen molar-refractivity contribution in [2.24, 2.45) is 0 Å². The second-order valence-corrected chi connectivity index (χ2v) is 6.88. The topological polar surface area (TPSA) is 75.6 Å². The summed E-state index contributed by atoms with van der Waals surface area (Å²) in [6, 6.07) is 21.4. The third kappa shape index (κ3) is 6.09. The predicted molar refractivity (Wildman–Crippen MR) is 112 cm³/mol. The van der Waals surface area contributed by atoms with Gasteiger partial charge in [0.1, 0.15) is 11.5 Å². The molecule has 3 aromatic carbocycles. The molecule has 3 aromatic rings. The monoisotopic (exact) mass is 409 g/mol. The number of carboxylic acid groups (broad SMARTS) is 1. The average molecular weight is 410 g/mol. The quantitative estimate of drug-likeness (QED) is 0.563. The van der Waals surface area contributed by atoms with Crippen molar-refractivity contribution in [2.75, 3.05) is 6.54 Å². The van der Waals surface area contributed by atoms with Gasteiger partial charge < -0.3 is 15.2 Å². The van der Waals surface area contributed by atoms with E-state index in [1.165, 1.54) is 0 Å². The van der Waals surface area contributed by atoms with E-state index in [0.29, 0.717) is 35.1 Å². The van der Waals surface area contributed by atoms with Gasteiger partial charge in [-0.2, -0.15) is 0 Å². The zero-order chi connectivity index (χ0) is 20.6. The Morgan fingerprint density at radius 3 is 2.31 bits per heavy atom. The van der Waals surface area contributed by atoms with Gasteiger partial charge in [0.05, 0.1) is 12.0 Å². The molecule has 148 valence electrons. The Balaban J connectivity index is 1.61. The van der Waals surface area contributed by atoms with Crippen molar-refractivity contribution in [1.29, 1.82) is 0 Å². The summed E-state index contributed by atoms with van der Waals surface area (Å²) in [5.41, 5.74) is 2.11. The van der Waals surface area contributed by atoms with E-state index in [-0.39, 0.29) is 12.3 Å². The zero-order valence-corrected chi connectivity index (χ0v) is 16.4. The minimum atomic E-state index is -0.861. The average Bonchev–Trinajstić information content (AvgIpc) is 2.71. The molecule has 0 saturated carbocycles. The molecule has 6 heteroatoms. The number of halogens is 1. The molecule has 0 bridgehead atoms. The number of aliphatic carboxylic acids is 1. The van der Waals surface area contributed by atoms with Crippen LogP contribution in [0.5, 0.6) is 11.5 Å². The molecule has 29 heavy (non-hydrogen) atoms. The van der Waals surface area contributed by atoms with Crippen molar-refractivity contribution in [2.45, 2.75) is 12.8 Å². The number of ether oxygens (including phenoxy) is 1. The van der Waals surface area contributed by atoms with Gasteiger partial charge >= 0.3 is 5.97 Å². The number of carbonyl (C=O) groups excluding carboxylic acids is 1. The van der Waals surface area contributed by atoms with E-state index in [4.69, 9.17) is 21.4 Å². The van der Waals surface area contributed by atoms with Crippen molar-refractivity contribution in [1.82, 2.24) is 5.32 Å². The molecule has 3 rings (SSSR count). The second kappa shape index (κ2) is 9.75. The molecule has 0 heterocycles. The summed E-state index contributed by atoms with van der Waals surface area (Å²) in [6.07, 6.45) is 0.616. The summed E-state index contributed by atoms with van der Waals surface area (Å²) >= 11 is 6.07. The SMILES string of the molecule is O=C(O)Cc1ccc(CCNC(=O)c2cc(Cl)ccc2Oc2ccccc2)cc1. The molecule has 0 atom stereocenters. The normalized spacial score (nSPS) is 10.4. The molecule has 0 saturated heterocycles. The number of rotatable bonds is 8. The highest BCUT2D eigenvalue weighted by molar-refractivity contribution is 6.31. The summed E-state index contributed by atoms with van der Waals surface area (Å²) in [5, 5.41) is 12.1. The van der Waals surface area contributed by atoms with Gasteiger partial charge in [-0.05, 0) is 47.9 Å². The minimum Gasteiger partial charge on any atom is -0.481 e. The van der Waals surface area contributed by atoms with Gasteiger partial charge in [0, 0.05) is 11.6 Å². The maximum Gasteiger partial charge on any atom is 0.307 e. The number of carboxylic acids is 1. The maximum atomic E-state index is 12.7. The molecule has 5 nitrogen and oxygen atoms in total. The molecule has 0 radical (unpaired) electrons. The predicted octanol–water partition coefficient (Wildman–Crippen LogP) is 4.73. The Morgan fingerprint density at radius 1 is 0.931 bits per heavy atom. The van der Waals surface area contributed by atoms with Crippen molar-refractivity contribution in [3.63, 3.8) is 0 Å². The van der Waals surface area contributed by atoms with Crippen molar-refractivity contribution in [3.8, 4) is 11.5 Å². The van der Waals surface area contributed by atoms with E-state index >= 15 is 0 Å². The number of nitrogens with one attached hydrogen (secondary N) is 1. The standard InChI is InChI=1S/C23H20ClNO4/c24-18-10-11-21(29-19-4-2-1-3-5-19)20(15-18)23(28)25-13-12-16-6-8-17(9-7-16)14-22(26)27/h1-11,15H,12-14H2,(H,25,28)(H,26,27). The minimum absolute atomic E-state index is 0.00399. The number of amides is 1. The highest BCUT2D eigenvalue weighted by Crippen LogP contribution is 2.27. The lowest BCUT2D eigenvalue weighted by molar-refractivity contribution is -0.136. The first-order valence-electron chi connectivity index (χ1n) is 9.11. The van der Waals surface area contributed by atoms with E-state index < -0.39 is 5.97 Å². The van der Waals surface area contributed by atoms with Gasteiger partial charge in [-0.3, -0.25) is 9.59 Å². The third-order valence-electron chi connectivity index (χ3n) is 4.23. The van der Waals surface area contributed by atoms with Crippen LogP contribution < -0.4 is 10.1 Å². The molecule has 0 fully saturated rings. The van der Waals surface area contributed by atoms with E-state index in [0.717, 1.165) is 11.1 Å². The molecular weight excluding hydrogens is 390 g/mol. The molecule has 0 aromatic heterocycles. The fraction of sp³-hybridized carbons (Fsp3) is 0.130. The second-order valence-electron chi connectivity index (χ2n) is 6.45. The molecule has 0 aliphatic carbocycles. The highest BCUT2D eigenvalue weighted by atomic mass is 35.5. The fourth-order valence-electron chi connectivity index (χ4n) is 2.80. The Labute approximate surface area is 173 Å². The Kier molecular flexibility index (Phi) is 6.87. The molecule has 1 amide bonds. The van der Waals surface area contributed by atoms with Gasteiger partial charge in [-0.15, -0.1) is 0 Å². The fourth-order valence-corrected chi connectivity index (χ4v) is 2.97. The number of carbonyl (C=O) groups is 2. The van der Waals surface area contributed by atoms with Crippen LogP contribution in [0.4, 0.5) is 0 Å². The number of para-hydroxylation sites is 1. The van der Waals surface area contributed by atoms with E-state index in [2.05, 4.69) is 5.32 Å². The summed E-state index contributed by atoms with van der Waals surface area (Å²) in [6.45, 7) is 0.425. The summed E-state index contributed by atoms with van der Waals surface area (Å²) in [4.78, 5) is 23.4. The zero-order valence-electron chi connectivity index (χ0n) is 15.6. The lowest BCUT2D eigenvalue weighted by Gasteiger charge is -2.12.